The molecular formula is C21H17N3O3. The van der Waals surface area contributed by atoms with Crippen LogP contribution in [0.5, 0.6) is 0 Å². The van der Waals surface area contributed by atoms with Gasteiger partial charge in [0.25, 0.3) is 5.91 Å². The van der Waals surface area contributed by atoms with Crippen LogP contribution in [0.2, 0.25) is 0 Å². The van der Waals surface area contributed by atoms with Gasteiger partial charge in [-0.3, -0.25) is 9.78 Å². The maximum atomic E-state index is 12.4. The Morgan fingerprint density at radius 2 is 1.70 bits per heavy atom. The molecule has 1 heterocycles. The van der Waals surface area contributed by atoms with Gasteiger partial charge in [-0.25, -0.2) is 4.79 Å². The number of rotatable bonds is 5. The van der Waals surface area contributed by atoms with E-state index in [0.717, 1.165) is 11.3 Å². The summed E-state index contributed by atoms with van der Waals surface area (Å²) in [5.74, 6) is -0.795. The minimum Gasteiger partial charge on any atom is -0.408 e. The fourth-order valence-corrected chi connectivity index (χ4v) is 2.76. The number of fused-ring (bicyclic) bond motifs is 1. The monoisotopic (exact) mass is 359 g/mol. The third-order valence-electron chi connectivity index (χ3n) is 4.16. The van der Waals surface area contributed by atoms with Gasteiger partial charge in [0.1, 0.15) is 0 Å². The van der Waals surface area contributed by atoms with Gasteiger partial charge in [0.15, 0.2) is 5.58 Å². The summed E-state index contributed by atoms with van der Waals surface area (Å²) in [6.07, 6.45) is 0. The Morgan fingerprint density at radius 3 is 2.48 bits per heavy atom. The number of para-hydroxylation sites is 1. The van der Waals surface area contributed by atoms with Crippen LogP contribution in [0.15, 0.2) is 82.0 Å². The maximum Gasteiger partial charge on any atom is 0.417 e. The highest BCUT2D eigenvalue weighted by Gasteiger charge is 2.09. The molecule has 0 atom stereocenters. The van der Waals surface area contributed by atoms with Crippen LogP contribution in [-0.2, 0) is 6.54 Å². The molecule has 4 aromatic rings. The minimum absolute atomic E-state index is 0.255. The van der Waals surface area contributed by atoms with Crippen LogP contribution in [0, 0.1) is 0 Å². The average molecular weight is 359 g/mol. The molecule has 0 spiro atoms. The SMILES string of the molecule is O=C(Nc1ccc(CNc2ccccc2)cc1)c1ccc2oc(=O)[nH]c2c1. The maximum absolute atomic E-state index is 12.4. The molecule has 134 valence electrons. The highest BCUT2D eigenvalue weighted by Crippen LogP contribution is 2.16. The number of carbonyl (C=O) groups excluding carboxylic acids is 1. The summed E-state index contributed by atoms with van der Waals surface area (Å²) in [5, 5.41) is 6.19. The van der Waals surface area contributed by atoms with E-state index in [1.165, 1.54) is 0 Å². The molecule has 0 aliphatic heterocycles. The van der Waals surface area contributed by atoms with E-state index in [0.29, 0.717) is 28.9 Å². The number of nitrogens with one attached hydrogen (secondary N) is 3. The molecule has 0 aliphatic carbocycles. The second-order valence-corrected chi connectivity index (χ2v) is 6.10. The smallest absolute Gasteiger partial charge is 0.408 e. The number of oxazole rings is 1. The van der Waals surface area contributed by atoms with Crippen LogP contribution < -0.4 is 16.4 Å². The molecule has 6 heteroatoms. The lowest BCUT2D eigenvalue weighted by Crippen LogP contribution is -2.11. The summed E-state index contributed by atoms with van der Waals surface area (Å²) < 4.78 is 4.94. The Hall–Kier alpha value is -3.80. The molecule has 4 rings (SSSR count). The first kappa shape index (κ1) is 16.7. The highest BCUT2D eigenvalue weighted by atomic mass is 16.4. The van der Waals surface area contributed by atoms with Gasteiger partial charge in [-0.05, 0) is 48.0 Å². The van der Waals surface area contributed by atoms with Crippen molar-refractivity contribution in [2.24, 2.45) is 0 Å². The Morgan fingerprint density at radius 1 is 0.926 bits per heavy atom. The third kappa shape index (κ3) is 3.90. The Balaban J connectivity index is 1.41. The zero-order valence-corrected chi connectivity index (χ0v) is 14.4. The minimum atomic E-state index is -0.540. The van der Waals surface area contributed by atoms with Crippen molar-refractivity contribution in [1.82, 2.24) is 4.98 Å². The fraction of sp³-hybridized carbons (Fsp3) is 0.0476. The highest BCUT2D eigenvalue weighted by molar-refractivity contribution is 6.05. The first-order valence-electron chi connectivity index (χ1n) is 8.49. The zero-order chi connectivity index (χ0) is 18.6. The third-order valence-corrected chi connectivity index (χ3v) is 4.16. The first-order chi connectivity index (χ1) is 13.2. The van der Waals surface area contributed by atoms with Crippen molar-refractivity contribution in [3.05, 3.63) is 94.5 Å². The van der Waals surface area contributed by atoms with E-state index in [-0.39, 0.29) is 5.91 Å². The van der Waals surface area contributed by atoms with Gasteiger partial charge in [0.05, 0.1) is 5.52 Å². The summed E-state index contributed by atoms with van der Waals surface area (Å²) >= 11 is 0. The van der Waals surface area contributed by atoms with E-state index in [9.17, 15) is 9.59 Å². The number of carbonyl (C=O) groups is 1. The van der Waals surface area contributed by atoms with Gasteiger partial charge < -0.3 is 15.1 Å². The van der Waals surface area contributed by atoms with Gasteiger partial charge in [-0.2, -0.15) is 0 Å². The Labute approximate surface area is 154 Å². The molecule has 0 bridgehead atoms. The van der Waals surface area contributed by atoms with E-state index in [1.807, 2.05) is 54.6 Å². The quantitative estimate of drug-likeness (QED) is 0.503. The van der Waals surface area contributed by atoms with Crippen molar-refractivity contribution in [1.29, 1.82) is 0 Å². The Bertz CT molecular complexity index is 1130. The molecule has 0 aliphatic rings. The van der Waals surface area contributed by atoms with Crippen molar-refractivity contribution < 1.29 is 9.21 Å². The van der Waals surface area contributed by atoms with Crippen molar-refractivity contribution in [3.63, 3.8) is 0 Å². The molecule has 6 nitrogen and oxygen atoms in total. The first-order valence-corrected chi connectivity index (χ1v) is 8.49. The number of hydrogen-bond donors (Lipinski definition) is 3. The number of anilines is 2. The summed E-state index contributed by atoms with van der Waals surface area (Å²) in [5.41, 5.74) is 4.22. The number of aromatic amines is 1. The lowest BCUT2D eigenvalue weighted by molar-refractivity contribution is 0.102. The van der Waals surface area contributed by atoms with Gasteiger partial charge in [-0.1, -0.05) is 30.3 Å². The predicted molar refractivity (Wildman–Crippen MR) is 105 cm³/mol. The predicted octanol–water partition coefficient (Wildman–Crippen LogP) is 3.99. The van der Waals surface area contributed by atoms with Crippen LogP contribution in [0.1, 0.15) is 15.9 Å². The van der Waals surface area contributed by atoms with Crippen LogP contribution in [0.25, 0.3) is 11.1 Å². The van der Waals surface area contributed by atoms with Crippen LogP contribution >= 0.6 is 0 Å². The molecule has 0 unspecified atom stereocenters. The van der Waals surface area contributed by atoms with Crippen LogP contribution in [-0.4, -0.2) is 10.9 Å². The second kappa shape index (κ2) is 7.21. The van der Waals surface area contributed by atoms with E-state index < -0.39 is 5.76 Å². The zero-order valence-electron chi connectivity index (χ0n) is 14.4. The molecule has 0 saturated carbocycles. The lowest BCUT2D eigenvalue weighted by atomic mass is 10.1. The fourth-order valence-electron chi connectivity index (χ4n) is 2.76. The van der Waals surface area contributed by atoms with E-state index in [2.05, 4.69) is 15.6 Å². The van der Waals surface area contributed by atoms with Crippen molar-refractivity contribution in [2.75, 3.05) is 10.6 Å². The summed E-state index contributed by atoms with van der Waals surface area (Å²) in [4.78, 5) is 26.2. The molecule has 3 N–H and O–H groups in total. The number of H-pyrrole nitrogens is 1. The molecule has 1 aromatic heterocycles. The molecule has 0 saturated heterocycles. The number of hydrogen-bond acceptors (Lipinski definition) is 4. The molecule has 0 fully saturated rings. The molecule has 27 heavy (non-hydrogen) atoms. The van der Waals surface area contributed by atoms with Gasteiger partial charge in [0, 0.05) is 23.5 Å². The molecule has 0 radical (unpaired) electrons. The van der Waals surface area contributed by atoms with E-state index in [4.69, 9.17) is 4.42 Å². The largest absolute Gasteiger partial charge is 0.417 e. The van der Waals surface area contributed by atoms with Crippen LogP contribution in [0.4, 0.5) is 11.4 Å². The summed E-state index contributed by atoms with van der Waals surface area (Å²) in [6.45, 7) is 0.697. The standard InChI is InChI=1S/C21H17N3O3/c25-20(15-8-11-19-18(12-15)24-21(26)27-19)23-17-9-6-14(7-10-17)13-22-16-4-2-1-3-5-16/h1-12,22H,13H2,(H,23,25)(H,24,26). The number of benzene rings is 3. The normalized spacial score (nSPS) is 10.7. The summed E-state index contributed by atoms with van der Waals surface area (Å²) in [6, 6.07) is 22.4. The number of aromatic nitrogens is 1. The lowest BCUT2D eigenvalue weighted by Gasteiger charge is -2.08. The van der Waals surface area contributed by atoms with E-state index >= 15 is 0 Å². The topological polar surface area (TPSA) is 87.1 Å². The van der Waals surface area contributed by atoms with Crippen molar-refractivity contribution >= 4 is 28.4 Å². The summed E-state index contributed by atoms with van der Waals surface area (Å²) in [7, 11) is 0. The van der Waals surface area contributed by atoms with Crippen molar-refractivity contribution in [3.8, 4) is 0 Å². The van der Waals surface area contributed by atoms with Gasteiger partial charge >= 0.3 is 5.76 Å². The molecule has 3 aromatic carbocycles. The Kier molecular flexibility index (Phi) is 4.45. The van der Waals surface area contributed by atoms with E-state index in [1.54, 1.807) is 18.2 Å². The molecular weight excluding hydrogens is 342 g/mol. The number of amides is 1. The molecule has 1 amide bonds. The van der Waals surface area contributed by atoms with Gasteiger partial charge in [-0.15, -0.1) is 0 Å². The van der Waals surface area contributed by atoms with Gasteiger partial charge in [0.2, 0.25) is 0 Å². The van der Waals surface area contributed by atoms with Crippen molar-refractivity contribution in [2.45, 2.75) is 6.54 Å². The average Bonchev–Trinajstić information content (AvgIpc) is 3.07. The second-order valence-electron chi connectivity index (χ2n) is 6.10. The van der Waals surface area contributed by atoms with Crippen LogP contribution in [0.3, 0.4) is 0 Å².